The molecular formula is C15H23NO4. The Morgan fingerprint density at radius 3 is 3.05 bits per heavy atom. The van der Waals surface area contributed by atoms with E-state index in [-0.39, 0.29) is 5.76 Å². The van der Waals surface area contributed by atoms with Crippen LogP contribution in [0.3, 0.4) is 0 Å². The predicted molar refractivity (Wildman–Crippen MR) is 74.9 cm³/mol. The highest BCUT2D eigenvalue weighted by Crippen LogP contribution is 2.20. The van der Waals surface area contributed by atoms with E-state index in [1.165, 1.54) is 0 Å². The van der Waals surface area contributed by atoms with Crippen molar-refractivity contribution < 1.29 is 19.1 Å². The van der Waals surface area contributed by atoms with E-state index in [0.717, 1.165) is 44.7 Å². The second-order valence-electron chi connectivity index (χ2n) is 5.40. The summed E-state index contributed by atoms with van der Waals surface area (Å²) in [6, 6.07) is 1.82. The molecule has 1 aliphatic rings. The molecule has 112 valence electrons. The topological polar surface area (TPSA) is 62.9 Å². The van der Waals surface area contributed by atoms with Gasteiger partial charge in [-0.2, -0.15) is 0 Å². The van der Waals surface area contributed by atoms with Gasteiger partial charge >= 0.3 is 5.97 Å². The lowest BCUT2D eigenvalue weighted by atomic mass is 10.1. The largest absolute Gasteiger partial charge is 0.475 e. The number of hydrogen-bond donors (Lipinski definition) is 1. The highest BCUT2D eigenvalue weighted by atomic mass is 16.5. The number of nitrogens with zero attached hydrogens (tertiary/aromatic N) is 1. The minimum Gasteiger partial charge on any atom is -0.475 e. The fraction of sp³-hybridized carbons (Fsp3) is 0.667. The fourth-order valence-electron chi connectivity index (χ4n) is 2.64. The maximum Gasteiger partial charge on any atom is 0.372 e. The van der Waals surface area contributed by atoms with Gasteiger partial charge in [0.05, 0.1) is 12.6 Å². The molecule has 1 aromatic heterocycles. The first-order chi connectivity index (χ1) is 9.60. The first-order valence-electron chi connectivity index (χ1n) is 7.26. The number of rotatable bonds is 6. The highest BCUT2D eigenvalue weighted by Gasteiger charge is 2.22. The quantitative estimate of drug-likeness (QED) is 0.868. The normalized spacial score (nSPS) is 20.2. The van der Waals surface area contributed by atoms with Gasteiger partial charge in [-0.05, 0) is 38.8 Å². The third kappa shape index (κ3) is 3.84. The number of furan rings is 1. The maximum absolute atomic E-state index is 11.0. The van der Waals surface area contributed by atoms with Crippen LogP contribution in [0, 0.1) is 6.92 Å². The van der Waals surface area contributed by atoms with Crippen LogP contribution in [0.4, 0.5) is 0 Å². The summed E-state index contributed by atoms with van der Waals surface area (Å²) >= 11 is 0. The summed E-state index contributed by atoms with van der Waals surface area (Å²) in [7, 11) is 0. The summed E-state index contributed by atoms with van der Waals surface area (Å²) < 4.78 is 11.2. The molecule has 0 amide bonds. The number of ether oxygens (including phenoxy) is 1. The van der Waals surface area contributed by atoms with Gasteiger partial charge in [-0.1, -0.05) is 6.92 Å². The predicted octanol–water partition coefficient (Wildman–Crippen LogP) is 2.68. The molecule has 0 aromatic carbocycles. The Kier molecular flexibility index (Phi) is 5.20. The Morgan fingerprint density at radius 1 is 1.60 bits per heavy atom. The molecule has 1 fully saturated rings. The van der Waals surface area contributed by atoms with Crippen LogP contribution in [0.5, 0.6) is 0 Å². The molecule has 0 radical (unpaired) electrons. The molecule has 2 rings (SSSR count). The number of hydrogen-bond acceptors (Lipinski definition) is 4. The summed E-state index contributed by atoms with van der Waals surface area (Å²) in [5.41, 5.74) is 0.684. The third-order valence-corrected chi connectivity index (χ3v) is 3.56. The van der Waals surface area contributed by atoms with Crippen LogP contribution in [0.25, 0.3) is 0 Å². The van der Waals surface area contributed by atoms with Crippen molar-refractivity contribution in [2.24, 2.45) is 0 Å². The van der Waals surface area contributed by atoms with Gasteiger partial charge < -0.3 is 14.3 Å². The lowest BCUT2D eigenvalue weighted by molar-refractivity contribution is -0.00386. The molecule has 5 nitrogen and oxygen atoms in total. The fourth-order valence-corrected chi connectivity index (χ4v) is 2.64. The van der Waals surface area contributed by atoms with Gasteiger partial charge in [0.2, 0.25) is 5.76 Å². The minimum absolute atomic E-state index is 0.0517. The van der Waals surface area contributed by atoms with E-state index in [4.69, 9.17) is 14.3 Å². The van der Waals surface area contributed by atoms with Crippen molar-refractivity contribution in [1.82, 2.24) is 4.90 Å². The van der Waals surface area contributed by atoms with E-state index < -0.39 is 5.97 Å². The lowest BCUT2D eigenvalue weighted by Crippen LogP contribution is -2.39. The number of carboxylic acid groups (broad SMARTS) is 1. The van der Waals surface area contributed by atoms with Crippen LogP contribution in [0.15, 0.2) is 10.5 Å². The number of carboxylic acids is 1. The number of likely N-dealkylation sites (tertiary alicyclic amines) is 1. The van der Waals surface area contributed by atoms with Crippen molar-refractivity contribution >= 4 is 5.97 Å². The summed E-state index contributed by atoms with van der Waals surface area (Å²) in [6.45, 7) is 7.23. The minimum atomic E-state index is -1.00. The standard InChI is InChI=1S/C15H23NO4/c1-3-7-19-12-5-4-6-16(9-12)10-13-8-11(2)14(20-13)15(17)18/h8,12H,3-7,9-10H2,1-2H3,(H,17,18). The van der Waals surface area contributed by atoms with Gasteiger partial charge in [0.25, 0.3) is 0 Å². The summed E-state index contributed by atoms with van der Waals surface area (Å²) in [5, 5.41) is 9.00. The van der Waals surface area contributed by atoms with E-state index in [0.29, 0.717) is 18.2 Å². The van der Waals surface area contributed by atoms with Crippen molar-refractivity contribution in [3.63, 3.8) is 0 Å². The molecule has 1 aliphatic heterocycles. The van der Waals surface area contributed by atoms with Crippen LogP contribution in [0.1, 0.15) is 48.1 Å². The molecule has 1 N–H and O–H groups in total. The Hall–Kier alpha value is -1.33. The van der Waals surface area contributed by atoms with Gasteiger partial charge in [0.1, 0.15) is 5.76 Å². The molecule has 0 bridgehead atoms. The second-order valence-corrected chi connectivity index (χ2v) is 5.40. The zero-order valence-corrected chi connectivity index (χ0v) is 12.2. The van der Waals surface area contributed by atoms with Gasteiger partial charge in [0, 0.05) is 18.7 Å². The first kappa shape index (κ1) is 15.1. The van der Waals surface area contributed by atoms with Crippen molar-refractivity contribution in [3.05, 3.63) is 23.2 Å². The van der Waals surface area contributed by atoms with E-state index in [1.54, 1.807) is 6.92 Å². The number of carbonyl (C=O) groups is 1. The lowest BCUT2D eigenvalue weighted by Gasteiger charge is -2.31. The zero-order chi connectivity index (χ0) is 14.5. The Morgan fingerprint density at radius 2 is 2.40 bits per heavy atom. The second kappa shape index (κ2) is 6.90. The molecule has 20 heavy (non-hydrogen) atoms. The number of aromatic carboxylic acids is 1. The Labute approximate surface area is 119 Å². The van der Waals surface area contributed by atoms with E-state index in [2.05, 4.69) is 11.8 Å². The average Bonchev–Trinajstić information content (AvgIpc) is 2.78. The van der Waals surface area contributed by atoms with Crippen molar-refractivity contribution in [2.75, 3.05) is 19.7 Å². The number of piperidine rings is 1. The Bertz CT molecular complexity index is 455. The molecule has 0 aliphatic carbocycles. The smallest absolute Gasteiger partial charge is 0.372 e. The summed E-state index contributed by atoms with van der Waals surface area (Å²) in [6.07, 6.45) is 3.54. The van der Waals surface area contributed by atoms with Crippen LogP contribution in [-0.2, 0) is 11.3 Å². The van der Waals surface area contributed by atoms with Crippen LogP contribution >= 0.6 is 0 Å². The van der Waals surface area contributed by atoms with Crippen molar-refractivity contribution in [2.45, 2.75) is 45.8 Å². The van der Waals surface area contributed by atoms with Gasteiger partial charge in [-0.3, -0.25) is 4.90 Å². The zero-order valence-electron chi connectivity index (χ0n) is 12.2. The highest BCUT2D eigenvalue weighted by molar-refractivity contribution is 5.86. The third-order valence-electron chi connectivity index (χ3n) is 3.56. The molecular weight excluding hydrogens is 258 g/mol. The molecule has 1 atom stereocenters. The SMILES string of the molecule is CCCOC1CCCN(Cc2cc(C)c(C(=O)O)o2)C1. The van der Waals surface area contributed by atoms with Crippen LogP contribution in [-0.4, -0.2) is 41.8 Å². The van der Waals surface area contributed by atoms with Gasteiger partial charge in [-0.15, -0.1) is 0 Å². The molecule has 1 unspecified atom stereocenters. The first-order valence-corrected chi connectivity index (χ1v) is 7.26. The maximum atomic E-state index is 11.0. The van der Waals surface area contributed by atoms with Gasteiger partial charge in [-0.25, -0.2) is 4.79 Å². The monoisotopic (exact) mass is 281 g/mol. The van der Waals surface area contributed by atoms with Crippen molar-refractivity contribution in [3.8, 4) is 0 Å². The molecule has 1 saturated heterocycles. The van der Waals surface area contributed by atoms with E-state index >= 15 is 0 Å². The van der Waals surface area contributed by atoms with Crippen molar-refractivity contribution in [1.29, 1.82) is 0 Å². The molecule has 0 saturated carbocycles. The summed E-state index contributed by atoms with van der Waals surface area (Å²) in [5.74, 6) is -0.233. The van der Waals surface area contributed by atoms with E-state index in [9.17, 15) is 4.79 Å². The summed E-state index contributed by atoms with van der Waals surface area (Å²) in [4.78, 5) is 13.2. The van der Waals surface area contributed by atoms with E-state index in [1.807, 2.05) is 6.07 Å². The number of aryl methyl sites for hydroxylation is 1. The molecule has 5 heteroatoms. The Balaban J connectivity index is 1.92. The average molecular weight is 281 g/mol. The molecule has 2 heterocycles. The van der Waals surface area contributed by atoms with Crippen LogP contribution in [0.2, 0.25) is 0 Å². The van der Waals surface area contributed by atoms with Crippen LogP contribution < -0.4 is 0 Å². The molecule has 1 aromatic rings. The molecule has 0 spiro atoms. The van der Waals surface area contributed by atoms with Gasteiger partial charge in [0.15, 0.2) is 0 Å².